The Hall–Kier alpha value is -2.67. The summed E-state index contributed by atoms with van der Waals surface area (Å²) in [6, 6.07) is 9.33. The Morgan fingerprint density at radius 1 is 1.21 bits per heavy atom. The van der Waals surface area contributed by atoms with Gasteiger partial charge in [-0.2, -0.15) is 0 Å². The molecular formula is C22H30N4O3. The highest BCUT2D eigenvalue weighted by Gasteiger charge is 2.20. The van der Waals surface area contributed by atoms with E-state index in [9.17, 15) is 9.59 Å². The van der Waals surface area contributed by atoms with Crippen LogP contribution in [0.15, 0.2) is 35.1 Å². The number of aryl methyl sites for hydroxylation is 1. The molecule has 2 heterocycles. The fraction of sp³-hybridized carbons (Fsp3) is 0.500. The van der Waals surface area contributed by atoms with E-state index in [-0.39, 0.29) is 24.6 Å². The highest BCUT2D eigenvalue weighted by atomic mass is 16.5. The van der Waals surface area contributed by atoms with Gasteiger partial charge in [-0.15, -0.1) is 0 Å². The Morgan fingerprint density at radius 3 is 2.59 bits per heavy atom. The first-order chi connectivity index (χ1) is 14.1. The van der Waals surface area contributed by atoms with Crippen molar-refractivity contribution >= 4 is 17.5 Å². The molecule has 7 nitrogen and oxygen atoms in total. The number of hydrogen-bond acceptors (Lipinski definition) is 5. The van der Waals surface area contributed by atoms with Crippen molar-refractivity contribution in [3.63, 3.8) is 0 Å². The third-order valence-corrected chi connectivity index (χ3v) is 5.08. The lowest BCUT2D eigenvalue weighted by atomic mass is 10.1. The fourth-order valence-electron chi connectivity index (χ4n) is 3.55. The van der Waals surface area contributed by atoms with E-state index in [0.29, 0.717) is 11.6 Å². The van der Waals surface area contributed by atoms with E-state index in [1.54, 1.807) is 7.11 Å². The van der Waals surface area contributed by atoms with Crippen molar-refractivity contribution in [1.82, 2.24) is 9.55 Å². The van der Waals surface area contributed by atoms with Crippen molar-refractivity contribution < 1.29 is 9.53 Å². The van der Waals surface area contributed by atoms with E-state index < -0.39 is 0 Å². The largest absolute Gasteiger partial charge is 0.378 e. The third-order valence-electron chi connectivity index (χ3n) is 5.08. The van der Waals surface area contributed by atoms with Crippen molar-refractivity contribution in [1.29, 1.82) is 0 Å². The molecule has 1 amide bonds. The zero-order chi connectivity index (χ0) is 20.6. The summed E-state index contributed by atoms with van der Waals surface area (Å²) in [6.07, 6.45) is 5.46. The standard InChI is InChI=1S/C22H30N4O3/c1-3-4-7-17-8-10-18(11-9-17)23-20(27)15-26-21(28)14-19(16-29-2)24-22(26)25-12-5-6-13-25/h8-11,14H,3-7,12-13,15-16H2,1-2H3,(H,23,27). The van der Waals surface area contributed by atoms with Crippen molar-refractivity contribution in [2.45, 2.75) is 52.2 Å². The van der Waals surface area contributed by atoms with Crippen LogP contribution in [0.3, 0.4) is 0 Å². The van der Waals surface area contributed by atoms with Crippen molar-refractivity contribution in [2.24, 2.45) is 0 Å². The van der Waals surface area contributed by atoms with Crippen LogP contribution in [0.1, 0.15) is 43.9 Å². The summed E-state index contributed by atoms with van der Waals surface area (Å²) < 4.78 is 6.58. The number of carbonyl (C=O) groups is 1. The molecule has 1 fully saturated rings. The van der Waals surface area contributed by atoms with Gasteiger partial charge in [0.25, 0.3) is 5.56 Å². The van der Waals surface area contributed by atoms with Crippen molar-refractivity contribution in [2.75, 3.05) is 30.4 Å². The number of hydrogen-bond donors (Lipinski definition) is 1. The number of anilines is 2. The quantitative estimate of drug-likeness (QED) is 0.703. The molecule has 1 N–H and O–H groups in total. The summed E-state index contributed by atoms with van der Waals surface area (Å²) in [5.74, 6) is 0.308. The average Bonchev–Trinajstić information content (AvgIpc) is 3.24. The summed E-state index contributed by atoms with van der Waals surface area (Å²) in [7, 11) is 1.57. The molecule has 1 aliphatic rings. The molecular weight excluding hydrogens is 368 g/mol. The van der Waals surface area contributed by atoms with E-state index in [0.717, 1.165) is 50.9 Å². The van der Waals surface area contributed by atoms with E-state index >= 15 is 0 Å². The van der Waals surface area contributed by atoms with E-state index in [1.165, 1.54) is 16.2 Å². The average molecular weight is 399 g/mol. The topological polar surface area (TPSA) is 76.5 Å². The van der Waals surface area contributed by atoms with Crippen LogP contribution in [0.25, 0.3) is 0 Å². The summed E-state index contributed by atoms with van der Waals surface area (Å²) in [5, 5.41) is 2.89. The molecule has 0 spiro atoms. The normalized spacial score (nSPS) is 13.7. The van der Waals surface area contributed by atoms with Gasteiger partial charge in [-0.1, -0.05) is 25.5 Å². The number of unbranched alkanes of at least 4 members (excludes halogenated alkanes) is 1. The smallest absolute Gasteiger partial charge is 0.255 e. The maximum atomic E-state index is 12.7. The van der Waals surface area contributed by atoms with Gasteiger partial charge in [0.2, 0.25) is 11.9 Å². The number of ether oxygens (including phenoxy) is 1. The lowest BCUT2D eigenvalue weighted by Gasteiger charge is -2.21. The SMILES string of the molecule is CCCCc1ccc(NC(=O)Cn2c(N3CCCC3)nc(COC)cc2=O)cc1. The van der Waals surface area contributed by atoms with Gasteiger partial charge in [0.05, 0.1) is 12.3 Å². The third kappa shape index (κ3) is 5.67. The second kappa shape index (κ2) is 10.2. The van der Waals surface area contributed by atoms with Gasteiger partial charge in [-0.3, -0.25) is 14.2 Å². The molecule has 2 aromatic rings. The fourth-order valence-corrected chi connectivity index (χ4v) is 3.55. The van der Waals surface area contributed by atoms with Crippen LogP contribution in [0.4, 0.5) is 11.6 Å². The number of nitrogens with zero attached hydrogens (tertiary/aromatic N) is 3. The summed E-state index contributed by atoms with van der Waals surface area (Å²) in [5.41, 5.74) is 2.34. The number of nitrogens with one attached hydrogen (secondary N) is 1. The van der Waals surface area contributed by atoms with E-state index in [2.05, 4.69) is 22.1 Å². The summed E-state index contributed by atoms with van der Waals surface area (Å²) >= 11 is 0. The molecule has 7 heteroatoms. The monoisotopic (exact) mass is 398 g/mol. The minimum Gasteiger partial charge on any atom is -0.378 e. The van der Waals surface area contributed by atoms with Gasteiger partial charge >= 0.3 is 0 Å². The van der Waals surface area contributed by atoms with Crippen molar-refractivity contribution in [3.8, 4) is 0 Å². The Bertz CT molecular complexity index is 871. The molecule has 29 heavy (non-hydrogen) atoms. The van der Waals surface area contributed by atoms with Crippen LogP contribution >= 0.6 is 0 Å². The number of benzene rings is 1. The first-order valence-electron chi connectivity index (χ1n) is 10.3. The molecule has 0 saturated carbocycles. The number of rotatable bonds is 9. The van der Waals surface area contributed by atoms with Crippen molar-refractivity contribution in [3.05, 3.63) is 51.9 Å². The molecule has 0 aliphatic carbocycles. The first kappa shape index (κ1) is 21.0. The van der Waals surface area contributed by atoms with Crippen LogP contribution in [0.2, 0.25) is 0 Å². The number of amides is 1. The highest BCUT2D eigenvalue weighted by molar-refractivity contribution is 5.90. The zero-order valence-electron chi connectivity index (χ0n) is 17.3. The molecule has 0 bridgehead atoms. The van der Waals surface area contributed by atoms with Gasteiger partial charge < -0.3 is 15.0 Å². The zero-order valence-corrected chi connectivity index (χ0v) is 17.3. The molecule has 0 unspecified atom stereocenters. The molecule has 1 saturated heterocycles. The Labute approximate surface area is 171 Å². The Morgan fingerprint density at radius 2 is 1.93 bits per heavy atom. The van der Waals surface area contributed by atoms with E-state index in [1.807, 2.05) is 24.3 Å². The van der Waals surface area contributed by atoms with Crippen LogP contribution in [0, 0.1) is 0 Å². The predicted octanol–water partition coefficient (Wildman–Crippen LogP) is 2.97. The van der Waals surface area contributed by atoms with Gasteiger partial charge in [-0.05, 0) is 43.4 Å². The lowest BCUT2D eigenvalue weighted by molar-refractivity contribution is -0.116. The molecule has 3 rings (SSSR count). The number of methoxy groups -OCH3 is 1. The van der Waals surface area contributed by atoms with E-state index in [4.69, 9.17) is 4.74 Å². The first-order valence-corrected chi connectivity index (χ1v) is 10.3. The second-order valence-corrected chi connectivity index (χ2v) is 7.45. The number of aromatic nitrogens is 2. The maximum absolute atomic E-state index is 12.7. The number of carbonyl (C=O) groups excluding carboxylic acids is 1. The maximum Gasteiger partial charge on any atom is 0.255 e. The summed E-state index contributed by atoms with van der Waals surface area (Å²) in [4.78, 5) is 32.0. The van der Waals surface area contributed by atoms with Gasteiger partial charge in [-0.25, -0.2) is 4.98 Å². The molecule has 0 atom stereocenters. The minimum absolute atomic E-state index is 0.0669. The molecule has 156 valence electrons. The molecule has 1 aromatic carbocycles. The van der Waals surface area contributed by atoms with Gasteiger partial charge in [0.1, 0.15) is 6.54 Å². The summed E-state index contributed by atoms with van der Waals surface area (Å²) in [6.45, 7) is 4.05. The van der Waals surface area contributed by atoms with Crippen LogP contribution in [-0.4, -0.2) is 35.7 Å². The van der Waals surface area contributed by atoms with Crippen LogP contribution in [-0.2, 0) is 29.1 Å². The highest BCUT2D eigenvalue weighted by Crippen LogP contribution is 2.18. The Kier molecular flexibility index (Phi) is 7.41. The molecule has 0 radical (unpaired) electrons. The lowest BCUT2D eigenvalue weighted by Crippen LogP contribution is -2.34. The van der Waals surface area contributed by atoms with Gasteiger partial charge in [0.15, 0.2) is 0 Å². The minimum atomic E-state index is -0.241. The van der Waals surface area contributed by atoms with Gasteiger partial charge in [0, 0.05) is 32.0 Å². The predicted molar refractivity (Wildman–Crippen MR) is 114 cm³/mol. The second-order valence-electron chi connectivity index (χ2n) is 7.45. The van der Waals surface area contributed by atoms with Crippen LogP contribution in [0.5, 0.6) is 0 Å². The Balaban J connectivity index is 1.74. The molecule has 1 aromatic heterocycles. The molecule has 1 aliphatic heterocycles. The van der Waals surface area contributed by atoms with Crippen LogP contribution < -0.4 is 15.8 Å².